The first-order valence-electron chi connectivity index (χ1n) is 7.22. The second kappa shape index (κ2) is 6.57. The minimum atomic E-state index is -1.10. The van der Waals surface area contributed by atoms with Gasteiger partial charge in [-0.3, -0.25) is 9.59 Å². The third-order valence-electron chi connectivity index (χ3n) is 3.76. The molecule has 0 aliphatic rings. The molecule has 0 radical (unpaired) electrons. The van der Waals surface area contributed by atoms with E-state index in [2.05, 4.69) is 15.9 Å². The van der Waals surface area contributed by atoms with Crippen LogP contribution in [-0.2, 0) is 17.8 Å². The number of carboxylic acid groups (broad SMARTS) is 1. The SMILES string of the molecule is O=C(O)Cc1cn(Cc2ccccc2Br)c2ccc(F)cc2c1=O. The van der Waals surface area contributed by atoms with Crippen molar-refractivity contribution in [2.45, 2.75) is 13.0 Å². The number of pyridine rings is 1. The number of benzene rings is 2. The molecule has 0 spiro atoms. The van der Waals surface area contributed by atoms with E-state index in [1.165, 1.54) is 18.3 Å². The van der Waals surface area contributed by atoms with Gasteiger partial charge in [0.25, 0.3) is 0 Å². The number of halogens is 2. The van der Waals surface area contributed by atoms with Crippen LogP contribution in [0, 0.1) is 5.82 Å². The summed E-state index contributed by atoms with van der Waals surface area (Å²) in [4.78, 5) is 23.5. The van der Waals surface area contributed by atoms with Crippen LogP contribution < -0.4 is 5.43 Å². The molecule has 2 aromatic carbocycles. The molecule has 3 rings (SSSR count). The Kier molecular flexibility index (Phi) is 4.49. The number of carboxylic acids is 1. The number of rotatable bonds is 4. The van der Waals surface area contributed by atoms with Crippen LogP contribution in [0.2, 0.25) is 0 Å². The first-order valence-corrected chi connectivity index (χ1v) is 8.02. The van der Waals surface area contributed by atoms with E-state index in [1.54, 1.807) is 4.57 Å². The van der Waals surface area contributed by atoms with Crippen LogP contribution in [0.3, 0.4) is 0 Å². The fraction of sp³-hybridized carbons (Fsp3) is 0.111. The summed E-state index contributed by atoms with van der Waals surface area (Å²) in [6.07, 6.45) is 1.14. The lowest BCUT2D eigenvalue weighted by Crippen LogP contribution is -2.18. The molecular formula is C18H13BrFNO3. The van der Waals surface area contributed by atoms with Crippen molar-refractivity contribution in [2.75, 3.05) is 0 Å². The number of aliphatic carboxylic acids is 1. The molecule has 6 heteroatoms. The van der Waals surface area contributed by atoms with Gasteiger partial charge in [-0.05, 0) is 29.8 Å². The van der Waals surface area contributed by atoms with Crippen molar-refractivity contribution in [2.24, 2.45) is 0 Å². The molecule has 3 aromatic rings. The van der Waals surface area contributed by atoms with E-state index in [1.807, 2.05) is 24.3 Å². The monoisotopic (exact) mass is 389 g/mol. The second-order valence-corrected chi connectivity index (χ2v) is 6.29. The van der Waals surface area contributed by atoms with Gasteiger partial charge in [0.1, 0.15) is 5.82 Å². The zero-order valence-electron chi connectivity index (χ0n) is 12.5. The lowest BCUT2D eigenvalue weighted by atomic mass is 10.1. The predicted molar refractivity (Wildman–Crippen MR) is 92.7 cm³/mol. The summed E-state index contributed by atoms with van der Waals surface area (Å²) in [5, 5.41) is 9.19. The van der Waals surface area contributed by atoms with Crippen molar-refractivity contribution >= 4 is 32.8 Å². The van der Waals surface area contributed by atoms with Crippen molar-refractivity contribution < 1.29 is 14.3 Å². The lowest BCUT2D eigenvalue weighted by molar-refractivity contribution is -0.136. The van der Waals surface area contributed by atoms with Crippen LogP contribution in [0.25, 0.3) is 10.9 Å². The van der Waals surface area contributed by atoms with E-state index in [9.17, 15) is 14.0 Å². The van der Waals surface area contributed by atoms with Crippen LogP contribution >= 0.6 is 15.9 Å². The van der Waals surface area contributed by atoms with Gasteiger partial charge in [-0.25, -0.2) is 4.39 Å². The van der Waals surface area contributed by atoms with Crippen molar-refractivity contribution in [3.05, 3.63) is 80.3 Å². The smallest absolute Gasteiger partial charge is 0.308 e. The van der Waals surface area contributed by atoms with Crippen LogP contribution in [-0.4, -0.2) is 15.6 Å². The van der Waals surface area contributed by atoms with Crippen LogP contribution in [0.4, 0.5) is 4.39 Å². The fourth-order valence-corrected chi connectivity index (χ4v) is 3.07. The fourth-order valence-electron chi connectivity index (χ4n) is 2.66. The van der Waals surface area contributed by atoms with E-state index < -0.39 is 23.6 Å². The van der Waals surface area contributed by atoms with Crippen molar-refractivity contribution in [3.8, 4) is 0 Å². The van der Waals surface area contributed by atoms with Gasteiger partial charge < -0.3 is 9.67 Å². The van der Waals surface area contributed by atoms with Gasteiger partial charge in [0, 0.05) is 28.2 Å². The first-order chi connectivity index (χ1) is 11.5. The molecule has 1 N–H and O–H groups in total. The molecule has 122 valence electrons. The Hall–Kier alpha value is -2.47. The summed E-state index contributed by atoms with van der Waals surface area (Å²) >= 11 is 3.47. The van der Waals surface area contributed by atoms with Gasteiger partial charge in [0.15, 0.2) is 5.43 Å². The Labute approximate surface area is 145 Å². The average Bonchev–Trinajstić information content (AvgIpc) is 2.53. The third-order valence-corrected chi connectivity index (χ3v) is 4.53. The van der Waals surface area contributed by atoms with Crippen LogP contribution in [0.15, 0.2) is 57.9 Å². The van der Waals surface area contributed by atoms with Crippen molar-refractivity contribution in [1.29, 1.82) is 0 Å². The summed E-state index contributed by atoms with van der Waals surface area (Å²) < 4.78 is 16.2. The molecule has 0 bridgehead atoms. The highest BCUT2D eigenvalue weighted by molar-refractivity contribution is 9.10. The van der Waals surface area contributed by atoms with Gasteiger partial charge >= 0.3 is 5.97 Å². The van der Waals surface area contributed by atoms with Crippen LogP contribution in [0.5, 0.6) is 0 Å². The zero-order valence-corrected chi connectivity index (χ0v) is 14.1. The molecule has 4 nitrogen and oxygen atoms in total. The molecule has 0 unspecified atom stereocenters. The van der Waals surface area contributed by atoms with E-state index >= 15 is 0 Å². The highest BCUT2D eigenvalue weighted by Crippen LogP contribution is 2.20. The minimum absolute atomic E-state index is 0.132. The molecule has 1 aromatic heterocycles. The number of carbonyl (C=O) groups is 1. The summed E-state index contributed by atoms with van der Waals surface area (Å²) in [5.74, 6) is -1.63. The maximum atomic E-state index is 13.6. The molecule has 0 amide bonds. The average molecular weight is 390 g/mol. The zero-order chi connectivity index (χ0) is 17.3. The third kappa shape index (κ3) is 3.23. The number of fused-ring (bicyclic) bond motifs is 1. The second-order valence-electron chi connectivity index (χ2n) is 5.43. The molecule has 0 atom stereocenters. The van der Waals surface area contributed by atoms with E-state index in [4.69, 9.17) is 5.11 Å². The Morgan fingerprint density at radius 3 is 2.62 bits per heavy atom. The number of nitrogens with zero attached hydrogens (tertiary/aromatic N) is 1. The topological polar surface area (TPSA) is 59.3 Å². The number of hydrogen-bond donors (Lipinski definition) is 1. The normalized spacial score (nSPS) is 10.9. The highest BCUT2D eigenvalue weighted by Gasteiger charge is 2.13. The predicted octanol–water partition coefficient (Wildman–Crippen LogP) is 3.58. The van der Waals surface area contributed by atoms with Gasteiger partial charge in [-0.1, -0.05) is 34.1 Å². The number of aromatic nitrogens is 1. The Morgan fingerprint density at radius 2 is 1.92 bits per heavy atom. The first kappa shape index (κ1) is 16.4. The van der Waals surface area contributed by atoms with Gasteiger partial charge in [0.05, 0.1) is 11.9 Å². The molecular weight excluding hydrogens is 377 g/mol. The molecule has 0 saturated carbocycles. The Bertz CT molecular complexity index is 997. The summed E-state index contributed by atoms with van der Waals surface area (Å²) in [7, 11) is 0. The summed E-state index contributed by atoms with van der Waals surface area (Å²) in [5.41, 5.74) is 1.21. The molecule has 24 heavy (non-hydrogen) atoms. The Morgan fingerprint density at radius 1 is 1.17 bits per heavy atom. The maximum absolute atomic E-state index is 13.6. The van der Waals surface area contributed by atoms with Gasteiger partial charge in [-0.15, -0.1) is 0 Å². The summed E-state index contributed by atoms with van der Waals surface area (Å²) in [6.45, 7) is 0.427. The van der Waals surface area contributed by atoms with Gasteiger partial charge in [0.2, 0.25) is 0 Å². The summed E-state index contributed by atoms with van der Waals surface area (Å²) in [6, 6.07) is 11.6. The van der Waals surface area contributed by atoms with Crippen molar-refractivity contribution in [1.82, 2.24) is 4.57 Å². The quantitative estimate of drug-likeness (QED) is 0.741. The van der Waals surface area contributed by atoms with E-state index in [0.29, 0.717) is 12.1 Å². The highest BCUT2D eigenvalue weighted by atomic mass is 79.9. The largest absolute Gasteiger partial charge is 0.481 e. The van der Waals surface area contributed by atoms with Crippen LogP contribution in [0.1, 0.15) is 11.1 Å². The van der Waals surface area contributed by atoms with E-state index in [-0.39, 0.29) is 10.9 Å². The van der Waals surface area contributed by atoms with Crippen molar-refractivity contribution in [3.63, 3.8) is 0 Å². The van der Waals surface area contributed by atoms with Gasteiger partial charge in [-0.2, -0.15) is 0 Å². The number of hydrogen-bond acceptors (Lipinski definition) is 2. The Balaban J connectivity index is 2.22. The minimum Gasteiger partial charge on any atom is -0.481 e. The lowest BCUT2D eigenvalue weighted by Gasteiger charge is -2.14. The molecule has 0 saturated heterocycles. The standard InChI is InChI=1S/C18H13BrFNO3/c19-15-4-2-1-3-11(15)9-21-10-12(7-17(22)23)18(24)14-8-13(20)5-6-16(14)21/h1-6,8,10H,7,9H2,(H,22,23). The maximum Gasteiger partial charge on any atom is 0.308 e. The molecule has 0 aliphatic heterocycles. The molecule has 0 aliphatic carbocycles. The van der Waals surface area contributed by atoms with E-state index in [0.717, 1.165) is 16.1 Å². The molecule has 1 heterocycles. The molecule has 0 fully saturated rings.